The van der Waals surface area contributed by atoms with Crippen molar-refractivity contribution in [2.45, 2.75) is 25.3 Å². The van der Waals surface area contributed by atoms with Crippen molar-refractivity contribution >= 4 is 15.9 Å². The van der Waals surface area contributed by atoms with E-state index in [1.54, 1.807) is 6.20 Å². The van der Waals surface area contributed by atoms with Gasteiger partial charge in [-0.1, -0.05) is 0 Å². The van der Waals surface area contributed by atoms with Gasteiger partial charge in [0, 0.05) is 32.4 Å². The molecule has 1 aliphatic carbocycles. The summed E-state index contributed by atoms with van der Waals surface area (Å²) in [6.45, 7) is 0.114. The summed E-state index contributed by atoms with van der Waals surface area (Å²) in [6, 6.07) is -0.0827. The highest BCUT2D eigenvalue weighted by atomic mass is 32.2. The Hall–Kier alpha value is -1.41. The average Bonchev–Trinajstić information content (AvgIpc) is 3.08. The minimum absolute atomic E-state index is 0.0827. The molecule has 1 unspecified atom stereocenters. The summed E-state index contributed by atoms with van der Waals surface area (Å²) in [7, 11) is -1.35. The van der Waals surface area contributed by atoms with Gasteiger partial charge in [-0.05, 0) is 18.8 Å². The number of nitrogens with zero attached hydrogens (tertiary/aromatic N) is 2. The van der Waals surface area contributed by atoms with E-state index < -0.39 is 10.0 Å². The van der Waals surface area contributed by atoms with Crippen molar-refractivity contribution in [2.75, 3.05) is 12.8 Å². The summed E-state index contributed by atoms with van der Waals surface area (Å²) in [4.78, 5) is 16.2. The van der Waals surface area contributed by atoms with Gasteiger partial charge < -0.3 is 9.88 Å². The number of imidazole rings is 1. The molecular formula is C12H20N4O3S. The first kappa shape index (κ1) is 15.0. The molecule has 1 aliphatic rings. The van der Waals surface area contributed by atoms with Crippen LogP contribution in [0.15, 0.2) is 12.4 Å². The Bertz CT molecular complexity index is 577. The third-order valence-electron chi connectivity index (χ3n) is 3.26. The zero-order valence-corrected chi connectivity index (χ0v) is 12.5. The van der Waals surface area contributed by atoms with Crippen molar-refractivity contribution in [2.24, 2.45) is 13.0 Å². The van der Waals surface area contributed by atoms with Crippen LogP contribution in [0.25, 0.3) is 0 Å². The van der Waals surface area contributed by atoms with Crippen LogP contribution in [0.1, 0.15) is 31.1 Å². The molecule has 1 amide bonds. The molecule has 2 N–H and O–H groups in total. The quantitative estimate of drug-likeness (QED) is 0.737. The number of aryl methyl sites for hydroxylation is 1. The number of aromatic nitrogens is 2. The van der Waals surface area contributed by atoms with E-state index in [0.29, 0.717) is 5.92 Å². The molecule has 0 aliphatic heterocycles. The summed E-state index contributed by atoms with van der Waals surface area (Å²) in [5.41, 5.74) is 0. The van der Waals surface area contributed by atoms with Gasteiger partial charge in [-0.15, -0.1) is 0 Å². The van der Waals surface area contributed by atoms with E-state index in [2.05, 4.69) is 15.0 Å². The highest BCUT2D eigenvalue weighted by molar-refractivity contribution is 7.88. The second-order valence-electron chi connectivity index (χ2n) is 5.20. The number of amides is 1. The lowest BCUT2D eigenvalue weighted by molar-refractivity contribution is -0.121. The minimum atomic E-state index is -3.25. The van der Waals surface area contributed by atoms with Crippen molar-refractivity contribution in [3.05, 3.63) is 18.2 Å². The third-order valence-corrected chi connectivity index (χ3v) is 3.99. The Morgan fingerprint density at radius 1 is 1.55 bits per heavy atom. The molecule has 7 nitrogen and oxygen atoms in total. The highest BCUT2D eigenvalue weighted by Crippen LogP contribution is 2.40. The lowest BCUT2D eigenvalue weighted by atomic mass is 10.1. The molecule has 20 heavy (non-hydrogen) atoms. The molecule has 1 heterocycles. The van der Waals surface area contributed by atoms with Crippen molar-refractivity contribution in [1.82, 2.24) is 19.6 Å². The Balaban J connectivity index is 1.89. The zero-order chi connectivity index (χ0) is 14.8. The van der Waals surface area contributed by atoms with Gasteiger partial charge in [0.1, 0.15) is 5.82 Å². The standard InChI is InChI=1S/C12H20N4O3S/c1-16-8-7-13-12(16)11(9-3-4-9)15-10(17)5-6-14-20(2,18)19/h7-9,11,14H,3-6H2,1-2H3,(H,15,17). The van der Waals surface area contributed by atoms with Crippen LogP contribution < -0.4 is 10.0 Å². The maximum Gasteiger partial charge on any atom is 0.221 e. The molecule has 8 heteroatoms. The summed E-state index contributed by atoms with van der Waals surface area (Å²) in [5, 5.41) is 2.95. The number of carbonyl (C=O) groups is 1. The maximum atomic E-state index is 11.9. The van der Waals surface area contributed by atoms with E-state index >= 15 is 0 Å². The van der Waals surface area contributed by atoms with Gasteiger partial charge >= 0.3 is 0 Å². The van der Waals surface area contributed by atoms with Gasteiger partial charge in [-0.25, -0.2) is 18.1 Å². The SMILES string of the molecule is Cn1ccnc1C(NC(=O)CCNS(C)(=O)=O)C1CC1. The van der Waals surface area contributed by atoms with Crippen LogP contribution >= 0.6 is 0 Å². The number of nitrogens with one attached hydrogen (secondary N) is 2. The van der Waals surface area contributed by atoms with Crippen LogP contribution in [-0.2, 0) is 21.9 Å². The first-order chi connectivity index (χ1) is 9.37. The maximum absolute atomic E-state index is 11.9. The van der Waals surface area contributed by atoms with Gasteiger partial charge in [0.15, 0.2) is 0 Å². The fourth-order valence-corrected chi connectivity index (χ4v) is 2.57. The Morgan fingerprint density at radius 3 is 2.75 bits per heavy atom. The molecule has 2 rings (SSSR count). The molecule has 0 spiro atoms. The van der Waals surface area contributed by atoms with Crippen LogP contribution in [0.4, 0.5) is 0 Å². The number of sulfonamides is 1. The molecule has 1 fully saturated rings. The number of rotatable bonds is 7. The molecule has 1 aromatic heterocycles. The largest absolute Gasteiger partial charge is 0.346 e. The van der Waals surface area contributed by atoms with Gasteiger partial charge in [0.2, 0.25) is 15.9 Å². The molecule has 0 bridgehead atoms. The smallest absolute Gasteiger partial charge is 0.221 e. The van der Waals surface area contributed by atoms with Crippen LogP contribution in [0.3, 0.4) is 0 Å². The Labute approximate surface area is 118 Å². The van der Waals surface area contributed by atoms with E-state index in [0.717, 1.165) is 24.9 Å². The van der Waals surface area contributed by atoms with E-state index in [9.17, 15) is 13.2 Å². The van der Waals surface area contributed by atoms with E-state index in [1.165, 1.54) is 0 Å². The second-order valence-corrected chi connectivity index (χ2v) is 7.03. The average molecular weight is 300 g/mol. The molecule has 1 atom stereocenters. The van der Waals surface area contributed by atoms with Crippen LogP contribution in [0.5, 0.6) is 0 Å². The molecular weight excluding hydrogens is 280 g/mol. The van der Waals surface area contributed by atoms with Crippen molar-refractivity contribution in [3.63, 3.8) is 0 Å². The molecule has 1 aromatic rings. The molecule has 0 saturated heterocycles. The number of carbonyl (C=O) groups excluding carboxylic acids is 1. The normalized spacial score (nSPS) is 16.9. The number of hydrogen-bond donors (Lipinski definition) is 2. The Morgan fingerprint density at radius 2 is 2.25 bits per heavy atom. The predicted molar refractivity (Wildman–Crippen MR) is 74.3 cm³/mol. The number of hydrogen-bond acceptors (Lipinski definition) is 4. The summed E-state index contributed by atoms with van der Waals surface area (Å²) in [5.74, 6) is 1.11. The van der Waals surface area contributed by atoms with Crippen LogP contribution in [0, 0.1) is 5.92 Å². The summed E-state index contributed by atoms with van der Waals surface area (Å²) in [6.07, 6.45) is 6.93. The van der Waals surface area contributed by atoms with Gasteiger partial charge in [0.05, 0.1) is 12.3 Å². The van der Waals surface area contributed by atoms with Gasteiger partial charge in [-0.2, -0.15) is 0 Å². The summed E-state index contributed by atoms with van der Waals surface area (Å²) < 4.78 is 26.1. The predicted octanol–water partition coefficient (Wildman–Crippen LogP) is -0.0733. The Kier molecular flexibility index (Phi) is 4.44. The second kappa shape index (κ2) is 5.92. The lowest BCUT2D eigenvalue weighted by Gasteiger charge is -2.18. The first-order valence-electron chi connectivity index (χ1n) is 6.58. The lowest BCUT2D eigenvalue weighted by Crippen LogP contribution is -2.34. The molecule has 0 radical (unpaired) electrons. The topological polar surface area (TPSA) is 93.1 Å². The minimum Gasteiger partial charge on any atom is -0.346 e. The third kappa shape index (κ3) is 4.31. The van der Waals surface area contributed by atoms with Crippen LogP contribution in [-0.4, -0.2) is 36.7 Å². The molecule has 1 saturated carbocycles. The van der Waals surface area contributed by atoms with Crippen LogP contribution in [0.2, 0.25) is 0 Å². The molecule has 0 aromatic carbocycles. The van der Waals surface area contributed by atoms with E-state index in [1.807, 2.05) is 17.8 Å². The zero-order valence-electron chi connectivity index (χ0n) is 11.7. The highest BCUT2D eigenvalue weighted by Gasteiger charge is 2.35. The fourth-order valence-electron chi connectivity index (χ4n) is 2.10. The van der Waals surface area contributed by atoms with E-state index in [4.69, 9.17) is 0 Å². The van der Waals surface area contributed by atoms with Crippen molar-refractivity contribution < 1.29 is 13.2 Å². The summed E-state index contributed by atoms with van der Waals surface area (Å²) >= 11 is 0. The van der Waals surface area contributed by atoms with Crippen molar-refractivity contribution in [1.29, 1.82) is 0 Å². The van der Waals surface area contributed by atoms with Crippen molar-refractivity contribution in [3.8, 4) is 0 Å². The fraction of sp³-hybridized carbons (Fsp3) is 0.667. The first-order valence-corrected chi connectivity index (χ1v) is 8.47. The van der Waals surface area contributed by atoms with E-state index in [-0.39, 0.29) is 24.9 Å². The van der Waals surface area contributed by atoms with Gasteiger partial charge in [-0.3, -0.25) is 4.79 Å². The van der Waals surface area contributed by atoms with Gasteiger partial charge in [0.25, 0.3) is 0 Å². The monoisotopic (exact) mass is 300 g/mol. The molecule has 112 valence electrons.